The van der Waals surface area contributed by atoms with E-state index in [1.165, 1.54) is 35.0 Å². The molecule has 0 spiro atoms. The lowest BCUT2D eigenvalue weighted by atomic mass is 9.62. The minimum Gasteiger partial charge on any atom is -0.480 e. The summed E-state index contributed by atoms with van der Waals surface area (Å²) in [5.74, 6) is -4.33. The van der Waals surface area contributed by atoms with E-state index in [0.29, 0.717) is 6.42 Å². The van der Waals surface area contributed by atoms with Crippen molar-refractivity contribution in [3.8, 4) is 6.07 Å². The molecule has 0 bridgehead atoms. The van der Waals surface area contributed by atoms with Crippen molar-refractivity contribution in [2.24, 2.45) is 5.41 Å². The molecular weight excluding hydrogens is 693 g/mol. The fourth-order valence-electron chi connectivity index (χ4n) is 6.44. The van der Waals surface area contributed by atoms with Gasteiger partial charge in [-0.05, 0) is 49.4 Å². The lowest BCUT2D eigenvalue weighted by Crippen LogP contribution is -2.45. The Labute approximate surface area is 299 Å². The van der Waals surface area contributed by atoms with Crippen LogP contribution in [0.5, 0.6) is 0 Å². The van der Waals surface area contributed by atoms with E-state index >= 15 is 8.78 Å². The molecule has 1 amide bonds. The molecule has 50 heavy (non-hydrogen) atoms. The highest BCUT2D eigenvalue weighted by atomic mass is 35.5. The average Bonchev–Trinajstić information content (AvgIpc) is 3.57. The summed E-state index contributed by atoms with van der Waals surface area (Å²) in [6.45, 7) is 9.31. The number of nitrogens with zero attached hydrogens (tertiary/aromatic N) is 3. The zero-order chi connectivity index (χ0) is 37.0. The number of aliphatic carboxylic acids is 1. The third kappa shape index (κ3) is 9.17. The van der Waals surface area contributed by atoms with Gasteiger partial charge in [0.2, 0.25) is 5.91 Å². The number of halogens is 4. The largest absolute Gasteiger partial charge is 0.480 e. The van der Waals surface area contributed by atoms with Gasteiger partial charge in [0.1, 0.15) is 17.0 Å². The third-order valence-corrected chi connectivity index (χ3v) is 9.02. The molecule has 270 valence electrons. The first-order chi connectivity index (χ1) is 23.4. The standard InChI is InChI=1S/C35H42Cl2F2N6O5/c1-33(2,3)14-26-35(18-40,23-10-9-20(36)13-25(23)38)29(22-7-6-8-24(37)30(22)39)31(42-26)32(49)43-27-11-12-45(44-27)19-34(4,5)50-17-21(46)15-41-16-28(47)48/h6-13,21,26,29,31,41-42,46H,14-17,19H2,1-5H3,(H,47,48)(H,43,44,49)/t21-,26-,29-,31+,35-/m0/s1. The molecule has 2 heterocycles. The van der Waals surface area contributed by atoms with Crippen LogP contribution >= 0.6 is 23.2 Å². The SMILES string of the molecule is CC(C)(C)C[C@@H]1N[C@@H](C(=O)Nc2ccn(CC(C)(C)OC[C@@H](O)CNCC(=O)O)n2)[C@H](c2cccc(Cl)c2F)[C@@]1(C#N)c1ccc(Cl)cc1F. The quantitative estimate of drug-likeness (QED) is 0.149. The number of aliphatic hydroxyl groups is 1. The summed E-state index contributed by atoms with van der Waals surface area (Å²) in [6.07, 6.45) is 0.993. The Morgan fingerprint density at radius 2 is 1.90 bits per heavy atom. The summed E-state index contributed by atoms with van der Waals surface area (Å²) in [5.41, 5.74) is -3.05. The molecule has 5 N–H and O–H groups in total. The van der Waals surface area contributed by atoms with E-state index in [-0.39, 0.29) is 53.2 Å². The highest BCUT2D eigenvalue weighted by molar-refractivity contribution is 6.31. The first kappa shape index (κ1) is 39.2. The number of nitriles is 1. The van der Waals surface area contributed by atoms with Gasteiger partial charge in [-0.3, -0.25) is 14.3 Å². The first-order valence-electron chi connectivity index (χ1n) is 16.0. The van der Waals surface area contributed by atoms with Gasteiger partial charge < -0.3 is 30.9 Å². The summed E-state index contributed by atoms with van der Waals surface area (Å²) in [4.78, 5) is 24.9. The van der Waals surface area contributed by atoms with Crippen LogP contribution in [-0.4, -0.2) is 75.4 Å². The number of aliphatic hydroxyl groups excluding tert-OH is 1. The number of carbonyl (C=O) groups excluding carboxylic acids is 1. The van der Waals surface area contributed by atoms with Crippen LogP contribution in [0, 0.1) is 28.4 Å². The zero-order valence-electron chi connectivity index (χ0n) is 28.4. The van der Waals surface area contributed by atoms with Crippen LogP contribution in [-0.2, 0) is 26.3 Å². The second-order valence-electron chi connectivity index (χ2n) is 14.3. The van der Waals surface area contributed by atoms with Crippen molar-refractivity contribution < 1.29 is 33.3 Å². The van der Waals surface area contributed by atoms with Crippen LogP contribution in [0.3, 0.4) is 0 Å². The highest BCUT2D eigenvalue weighted by Gasteiger charge is 2.61. The molecule has 3 aromatic rings. The molecule has 0 aliphatic carbocycles. The van der Waals surface area contributed by atoms with E-state index in [1.807, 2.05) is 20.8 Å². The number of rotatable bonds is 14. The van der Waals surface area contributed by atoms with Crippen LogP contribution in [0.25, 0.3) is 0 Å². The Kier molecular flexibility index (Phi) is 12.3. The minimum atomic E-state index is -1.77. The molecule has 1 aliphatic heterocycles. The summed E-state index contributed by atoms with van der Waals surface area (Å²) in [5, 5.41) is 42.9. The summed E-state index contributed by atoms with van der Waals surface area (Å²) in [6, 6.07) is 10.1. The molecule has 5 atom stereocenters. The number of amides is 1. The second-order valence-corrected chi connectivity index (χ2v) is 15.2. The van der Waals surface area contributed by atoms with Crippen LogP contribution in [0.2, 0.25) is 10.0 Å². The van der Waals surface area contributed by atoms with Gasteiger partial charge in [0.05, 0.1) is 48.5 Å². The van der Waals surface area contributed by atoms with Gasteiger partial charge in [-0.2, -0.15) is 10.4 Å². The average molecular weight is 736 g/mol. The molecule has 1 aliphatic rings. The maximum absolute atomic E-state index is 15.9. The van der Waals surface area contributed by atoms with Crippen molar-refractivity contribution in [2.45, 2.75) is 82.7 Å². The van der Waals surface area contributed by atoms with E-state index in [4.69, 9.17) is 33.0 Å². The molecule has 0 saturated carbocycles. The second kappa shape index (κ2) is 15.7. The third-order valence-electron chi connectivity index (χ3n) is 8.49. The van der Waals surface area contributed by atoms with Crippen LogP contribution in [0.1, 0.15) is 58.1 Å². The molecular formula is C35H42Cl2F2N6O5. The zero-order valence-corrected chi connectivity index (χ0v) is 29.9. The number of hydrogen-bond acceptors (Lipinski definition) is 8. The number of carboxylic acids is 1. The molecule has 0 radical (unpaired) electrons. The molecule has 1 aromatic heterocycles. The van der Waals surface area contributed by atoms with E-state index in [0.717, 1.165) is 6.07 Å². The topological polar surface area (TPSA) is 162 Å². The molecule has 1 fully saturated rings. The van der Waals surface area contributed by atoms with Gasteiger partial charge >= 0.3 is 5.97 Å². The predicted octanol–water partition coefficient (Wildman–Crippen LogP) is 5.26. The van der Waals surface area contributed by atoms with Crippen LogP contribution < -0.4 is 16.0 Å². The Hall–Kier alpha value is -3.64. The lowest BCUT2D eigenvalue weighted by Gasteiger charge is -2.37. The molecule has 15 heteroatoms. The number of carboxylic acid groups (broad SMARTS) is 1. The number of carbonyl (C=O) groups is 2. The smallest absolute Gasteiger partial charge is 0.317 e. The Bertz CT molecular complexity index is 1740. The van der Waals surface area contributed by atoms with E-state index < -0.39 is 64.0 Å². The molecule has 1 saturated heterocycles. The fraction of sp³-hybridized carbons (Fsp3) is 0.486. The predicted molar refractivity (Wildman–Crippen MR) is 185 cm³/mol. The summed E-state index contributed by atoms with van der Waals surface area (Å²) < 4.78 is 39.2. The normalized spacial score (nSPS) is 21.5. The summed E-state index contributed by atoms with van der Waals surface area (Å²) >= 11 is 12.3. The number of benzene rings is 2. The Morgan fingerprint density at radius 1 is 1.18 bits per heavy atom. The highest BCUT2D eigenvalue weighted by Crippen LogP contribution is 2.52. The maximum Gasteiger partial charge on any atom is 0.317 e. The number of anilines is 1. The molecule has 2 aromatic carbocycles. The van der Waals surface area contributed by atoms with Gasteiger partial charge in [0.25, 0.3) is 0 Å². The van der Waals surface area contributed by atoms with Gasteiger partial charge in [-0.25, -0.2) is 8.78 Å². The van der Waals surface area contributed by atoms with Crippen molar-refractivity contribution in [2.75, 3.05) is 25.0 Å². The van der Waals surface area contributed by atoms with Crippen molar-refractivity contribution in [1.82, 2.24) is 20.4 Å². The van der Waals surface area contributed by atoms with Gasteiger partial charge in [0.15, 0.2) is 5.82 Å². The van der Waals surface area contributed by atoms with Crippen molar-refractivity contribution in [3.05, 3.63) is 81.5 Å². The monoisotopic (exact) mass is 734 g/mol. The van der Waals surface area contributed by atoms with Gasteiger partial charge in [-0.15, -0.1) is 0 Å². The number of aromatic nitrogens is 2. The maximum atomic E-state index is 15.9. The van der Waals surface area contributed by atoms with Crippen molar-refractivity contribution in [3.63, 3.8) is 0 Å². The minimum absolute atomic E-state index is 0.0257. The summed E-state index contributed by atoms with van der Waals surface area (Å²) in [7, 11) is 0. The molecule has 4 rings (SSSR count). The molecule has 11 nitrogen and oxygen atoms in total. The van der Waals surface area contributed by atoms with Crippen LogP contribution in [0.15, 0.2) is 48.7 Å². The van der Waals surface area contributed by atoms with E-state index in [9.17, 15) is 20.0 Å². The van der Waals surface area contributed by atoms with E-state index in [1.54, 1.807) is 26.1 Å². The fourth-order valence-corrected chi connectivity index (χ4v) is 6.78. The molecule has 0 unspecified atom stereocenters. The first-order valence-corrected chi connectivity index (χ1v) is 16.8. The van der Waals surface area contributed by atoms with Crippen LogP contribution in [0.4, 0.5) is 14.6 Å². The number of hydrogen-bond donors (Lipinski definition) is 5. The lowest BCUT2D eigenvalue weighted by molar-refractivity contribution is -0.136. The van der Waals surface area contributed by atoms with Crippen molar-refractivity contribution in [1.29, 1.82) is 5.26 Å². The number of ether oxygens (including phenoxy) is 1. The van der Waals surface area contributed by atoms with E-state index in [2.05, 4.69) is 27.1 Å². The Morgan fingerprint density at radius 3 is 2.54 bits per heavy atom. The van der Waals surface area contributed by atoms with Gasteiger partial charge in [0, 0.05) is 41.4 Å². The Balaban J connectivity index is 1.64. The van der Waals surface area contributed by atoms with Crippen molar-refractivity contribution >= 4 is 40.9 Å². The van der Waals surface area contributed by atoms with Gasteiger partial charge in [-0.1, -0.05) is 62.2 Å². The number of nitrogens with one attached hydrogen (secondary N) is 3.